The Hall–Kier alpha value is -1.73. The molecule has 0 radical (unpaired) electrons. The summed E-state index contributed by atoms with van der Waals surface area (Å²) in [5.74, 6) is 1.87. The summed E-state index contributed by atoms with van der Waals surface area (Å²) >= 11 is 0. The van der Waals surface area contributed by atoms with Crippen LogP contribution in [0.4, 0.5) is 0 Å². The molecule has 0 spiro atoms. The second kappa shape index (κ2) is 6.80. The molecule has 1 aliphatic heterocycles. The standard InChI is InChI=1S/C16H21N3O3S/c1-23(20,21)14-5-3-13(4-6-14)16-18-15(22-19-16)7-2-12-8-10-17-11-9-12/h3-6,12,17H,2,7-11H2,1H3. The van der Waals surface area contributed by atoms with Crippen molar-refractivity contribution in [1.82, 2.24) is 15.5 Å². The van der Waals surface area contributed by atoms with Gasteiger partial charge in [-0.3, -0.25) is 0 Å². The summed E-state index contributed by atoms with van der Waals surface area (Å²) in [5, 5.41) is 7.35. The molecule has 124 valence electrons. The van der Waals surface area contributed by atoms with Crippen molar-refractivity contribution >= 4 is 9.84 Å². The second-order valence-corrected chi connectivity index (χ2v) is 8.06. The molecule has 0 amide bonds. The second-order valence-electron chi connectivity index (χ2n) is 6.04. The molecule has 0 bridgehead atoms. The molecule has 1 saturated heterocycles. The van der Waals surface area contributed by atoms with Gasteiger partial charge in [0, 0.05) is 18.2 Å². The molecule has 7 heteroatoms. The summed E-state index contributed by atoms with van der Waals surface area (Å²) in [6.07, 6.45) is 5.45. The molecule has 1 aromatic heterocycles. The van der Waals surface area contributed by atoms with E-state index in [4.69, 9.17) is 4.52 Å². The molecule has 0 unspecified atom stereocenters. The Kier molecular flexibility index (Phi) is 4.77. The number of sulfone groups is 1. The molecule has 0 aliphatic carbocycles. The van der Waals surface area contributed by atoms with E-state index in [1.54, 1.807) is 24.3 Å². The maximum Gasteiger partial charge on any atom is 0.226 e. The molecule has 1 fully saturated rings. The summed E-state index contributed by atoms with van der Waals surface area (Å²) in [6.45, 7) is 2.18. The van der Waals surface area contributed by atoms with Crippen LogP contribution in [0.1, 0.15) is 25.2 Å². The predicted molar refractivity (Wildman–Crippen MR) is 86.8 cm³/mol. The van der Waals surface area contributed by atoms with Gasteiger partial charge < -0.3 is 9.84 Å². The minimum atomic E-state index is -3.19. The van der Waals surface area contributed by atoms with Gasteiger partial charge in [-0.05, 0) is 62.5 Å². The van der Waals surface area contributed by atoms with Crippen molar-refractivity contribution in [3.05, 3.63) is 30.2 Å². The zero-order chi connectivity index (χ0) is 16.3. The number of benzene rings is 1. The number of rotatable bonds is 5. The first-order valence-corrected chi connectivity index (χ1v) is 9.75. The van der Waals surface area contributed by atoms with E-state index < -0.39 is 9.84 Å². The highest BCUT2D eigenvalue weighted by molar-refractivity contribution is 7.90. The fourth-order valence-corrected chi connectivity index (χ4v) is 3.45. The van der Waals surface area contributed by atoms with Crippen LogP contribution >= 0.6 is 0 Å². The Morgan fingerprint density at radius 1 is 1.22 bits per heavy atom. The number of piperidine rings is 1. The van der Waals surface area contributed by atoms with Gasteiger partial charge >= 0.3 is 0 Å². The van der Waals surface area contributed by atoms with Gasteiger partial charge in [-0.2, -0.15) is 4.98 Å². The van der Waals surface area contributed by atoms with E-state index in [2.05, 4.69) is 15.5 Å². The monoisotopic (exact) mass is 335 g/mol. The zero-order valence-electron chi connectivity index (χ0n) is 13.2. The lowest BCUT2D eigenvalue weighted by molar-refractivity contribution is 0.324. The first-order valence-electron chi connectivity index (χ1n) is 7.86. The van der Waals surface area contributed by atoms with Gasteiger partial charge in [0.05, 0.1) is 4.90 Å². The lowest BCUT2D eigenvalue weighted by Gasteiger charge is -2.21. The van der Waals surface area contributed by atoms with Crippen molar-refractivity contribution in [2.75, 3.05) is 19.3 Å². The van der Waals surface area contributed by atoms with Crippen LogP contribution in [-0.2, 0) is 16.3 Å². The molecule has 1 aromatic carbocycles. The highest BCUT2D eigenvalue weighted by atomic mass is 32.2. The molecule has 2 heterocycles. The topological polar surface area (TPSA) is 85.1 Å². The molecule has 2 aromatic rings. The Morgan fingerprint density at radius 2 is 1.91 bits per heavy atom. The summed E-state index contributed by atoms with van der Waals surface area (Å²) in [6, 6.07) is 6.54. The van der Waals surface area contributed by atoms with Crippen molar-refractivity contribution in [3.63, 3.8) is 0 Å². The maximum absolute atomic E-state index is 11.5. The number of aromatic nitrogens is 2. The lowest BCUT2D eigenvalue weighted by Crippen LogP contribution is -2.27. The first kappa shape index (κ1) is 16.1. The van der Waals surface area contributed by atoms with Crippen LogP contribution in [0, 0.1) is 5.92 Å². The third-order valence-corrected chi connectivity index (χ3v) is 5.36. The SMILES string of the molecule is CS(=O)(=O)c1ccc(-c2noc(CCC3CCNCC3)n2)cc1. The highest BCUT2D eigenvalue weighted by Gasteiger charge is 2.16. The van der Waals surface area contributed by atoms with E-state index >= 15 is 0 Å². The quantitative estimate of drug-likeness (QED) is 0.900. The third-order valence-electron chi connectivity index (χ3n) is 4.23. The molecular formula is C16H21N3O3S. The fraction of sp³-hybridized carbons (Fsp3) is 0.500. The van der Waals surface area contributed by atoms with Gasteiger partial charge in [0.15, 0.2) is 9.84 Å². The lowest BCUT2D eigenvalue weighted by atomic mass is 9.93. The van der Waals surface area contributed by atoms with Gasteiger partial charge in [-0.25, -0.2) is 8.42 Å². The van der Waals surface area contributed by atoms with Crippen LogP contribution in [0.15, 0.2) is 33.7 Å². The zero-order valence-corrected chi connectivity index (χ0v) is 14.0. The van der Waals surface area contributed by atoms with E-state index in [1.165, 1.54) is 19.1 Å². The van der Waals surface area contributed by atoms with Crippen molar-refractivity contribution in [1.29, 1.82) is 0 Å². The third kappa shape index (κ3) is 4.17. The van der Waals surface area contributed by atoms with Crippen molar-refractivity contribution in [3.8, 4) is 11.4 Å². The molecular weight excluding hydrogens is 314 g/mol. The van der Waals surface area contributed by atoms with Crippen LogP contribution in [-0.4, -0.2) is 37.9 Å². The van der Waals surface area contributed by atoms with Gasteiger partial charge in [0.2, 0.25) is 11.7 Å². The number of aryl methyl sites for hydroxylation is 1. The van der Waals surface area contributed by atoms with E-state index in [0.29, 0.717) is 11.7 Å². The Bertz CT molecular complexity index is 747. The molecule has 23 heavy (non-hydrogen) atoms. The van der Waals surface area contributed by atoms with E-state index in [0.717, 1.165) is 37.4 Å². The van der Waals surface area contributed by atoms with Gasteiger partial charge in [0.25, 0.3) is 0 Å². The van der Waals surface area contributed by atoms with Crippen molar-refractivity contribution in [2.24, 2.45) is 5.92 Å². The maximum atomic E-state index is 11.5. The largest absolute Gasteiger partial charge is 0.339 e. The molecule has 6 nitrogen and oxygen atoms in total. The molecule has 1 aliphatic rings. The fourth-order valence-electron chi connectivity index (χ4n) is 2.82. The van der Waals surface area contributed by atoms with Crippen LogP contribution in [0.2, 0.25) is 0 Å². The van der Waals surface area contributed by atoms with Gasteiger partial charge in [0.1, 0.15) is 0 Å². The number of nitrogens with zero attached hydrogens (tertiary/aromatic N) is 2. The number of nitrogens with one attached hydrogen (secondary N) is 1. The minimum Gasteiger partial charge on any atom is -0.339 e. The smallest absolute Gasteiger partial charge is 0.226 e. The van der Waals surface area contributed by atoms with E-state index in [1.807, 2.05) is 0 Å². The van der Waals surface area contributed by atoms with Crippen LogP contribution < -0.4 is 5.32 Å². The Labute approximate surface area is 136 Å². The molecule has 3 rings (SSSR count). The van der Waals surface area contributed by atoms with Gasteiger partial charge in [-0.15, -0.1) is 0 Å². The first-order chi connectivity index (χ1) is 11.0. The summed E-state index contributed by atoms with van der Waals surface area (Å²) in [5.41, 5.74) is 0.759. The van der Waals surface area contributed by atoms with Crippen molar-refractivity contribution < 1.29 is 12.9 Å². The number of hydrogen-bond donors (Lipinski definition) is 1. The van der Waals surface area contributed by atoms with E-state index in [9.17, 15) is 8.42 Å². The minimum absolute atomic E-state index is 0.288. The van der Waals surface area contributed by atoms with Crippen molar-refractivity contribution in [2.45, 2.75) is 30.6 Å². The van der Waals surface area contributed by atoms with E-state index in [-0.39, 0.29) is 4.90 Å². The highest BCUT2D eigenvalue weighted by Crippen LogP contribution is 2.21. The van der Waals surface area contributed by atoms with Crippen LogP contribution in [0.25, 0.3) is 11.4 Å². The normalized spacial score (nSPS) is 16.6. The average molecular weight is 335 g/mol. The van der Waals surface area contributed by atoms with Gasteiger partial charge in [-0.1, -0.05) is 5.16 Å². The average Bonchev–Trinajstić information content (AvgIpc) is 3.02. The van der Waals surface area contributed by atoms with Crippen LogP contribution in [0.5, 0.6) is 0 Å². The summed E-state index contributed by atoms with van der Waals surface area (Å²) < 4.78 is 28.2. The molecule has 1 N–H and O–H groups in total. The predicted octanol–water partition coefficient (Wildman–Crippen LogP) is 2.07. The summed E-state index contributed by atoms with van der Waals surface area (Å²) in [4.78, 5) is 4.70. The van der Waals surface area contributed by atoms with Crippen LogP contribution in [0.3, 0.4) is 0 Å². The Morgan fingerprint density at radius 3 is 2.57 bits per heavy atom. The summed E-state index contributed by atoms with van der Waals surface area (Å²) in [7, 11) is -3.19. The number of hydrogen-bond acceptors (Lipinski definition) is 6. The molecule has 0 saturated carbocycles. The Balaban J connectivity index is 1.64. The molecule has 0 atom stereocenters.